The van der Waals surface area contributed by atoms with Gasteiger partial charge in [-0.25, -0.2) is 0 Å². The van der Waals surface area contributed by atoms with Crippen LogP contribution in [-0.2, 0) is 0 Å². The Morgan fingerprint density at radius 1 is 1.33 bits per heavy atom. The third-order valence-corrected chi connectivity index (χ3v) is 4.14. The lowest BCUT2D eigenvalue weighted by Crippen LogP contribution is -2.07. The standard InChI is InChI=1S/C12H24/c1-6-12(5)8-11(12)7-10(4)9(2)3/h9-11H,6-8H2,1-5H3. The van der Waals surface area contributed by atoms with E-state index < -0.39 is 0 Å². The topological polar surface area (TPSA) is 0 Å². The van der Waals surface area contributed by atoms with Gasteiger partial charge in [-0.05, 0) is 36.0 Å². The molecule has 72 valence electrons. The number of rotatable bonds is 4. The van der Waals surface area contributed by atoms with Gasteiger partial charge in [0.2, 0.25) is 0 Å². The van der Waals surface area contributed by atoms with E-state index in [-0.39, 0.29) is 0 Å². The normalized spacial score (nSPS) is 37.0. The van der Waals surface area contributed by atoms with E-state index in [2.05, 4.69) is 34.6 Å². The van der Waals surface area contributed by atoms with Crippen molar-refractivity contribution in [3.05, 3.63) is 0 Å². The summed E-state index contributed by atoms with van der Waals surface area (Å²) in [6.45, 7) is 11.9. The molecule has 0 heterocycles. The van der Waals surface area contributed by atoms with Crippen LogP contribution in [0.15, 0.2) is 0 Å². The Bertz CT molecular complexity index is 148. The van der Waals surface area contributed by atoms with Gasteiger partial charge >= 0.3 is 0 Å². The van der Waals surface area contributed by atoms with Gasteiger partial charge < -0.3 is 0 Å². The molecule has 1 rings (SSSR count). The largest absolute Gasteiger partial charge is 0.0649 e. The van der Waals surface area contributed by atoms with Crippen LogP contribution in [0.1, 0.15) is 53.9 Å². The highest BCUT2D eigenvalue weighted by Gasteiger charge is 2.48. The summed E-state index contributed by atoms with van der Waals surface area (Å²) in [5.41, 5.74) is 0.725. The quantitative estimate of drug-likeness (QED) is 0.592. The molecule has 0 N–H and O–H groups in total. The van der Waals surface area contributed by atoms with Gasteiger partial charge in [-0.3, -0.25) is 0 Å². The molecule has 1 aliphatic carbocycles. The summed E-state index contributed by atoms with van der Waals surface area (Å²) in [6, 6.07) is 0. The van der Waals surface area contributed by atoms with E-state index >= 15 is 0 Å². The van der Waals surface area contributed by atoms with Gasteiger partial charge in [-0.15, -0.1) is 0 Å². The SMILES string of the molecule is CCC1(C)CC1CC(C)C(C)C. The van der Waals surface area contributed by atoms with E-state index in [1.165, 1.54) is 19.3 Å². The van der Waals surface area contributed by atoms with Gasteiger partial charge in [0.05, 0.1) is 0 Å². The van der Waals surface area contributed by atoms with Gasteiger partial charge in [-0.2, -0.15) is 0 Å². The molecule has 0 spiro atoms. The fraction of sp³-hybridized carbons (Fsp3) is 1.00. The van der Waals surface area contributed by atoms with Crippen molar-refractivity contribution in [3.8, 4) is 0 Å². The number of hydrogen-bond acceptors (Lipinski definition) is 0. The van der Waals surface area contributed by atoms with Crippen molar-refractivity contribution in [3.63, 3.8) is 0 Å². The Hall–Kier alpha value is 0. The summed E-state index contributed by atoms with van der Waals surface area (Å²) in [6.07, 6.45) is 4.32. The van der Waals surface area contributed by atoms with Crippen LogP contribution in [-0.4, -0.2) is 0 Å². The Kier molecular flexibility index (Phi) is 2.85. The minimum absolute atomic E-state index is 0.725. The highest BCUT2D eigenvalue weighted by Crippen LogP contribution is 2.57. The fourth-order valence-corrected chi connectivity index (χ4v) is 2.03. The van der Waals surface area contributed by atoms with Crippen molar-refractivity contribution in [1.82, 2.24) is 0 Å². The molecule has 0 aliphatic heterocycles. The summed E-state index contributed by atoms with van der Waals surface area (Å²) in [5.74, 6) is 2.83. The maximum atomic E-state index is 2.45. The minimum Gasteiger partial charge on any atom is -0.0649 e. The Labute approximate surface area is 77.7 Å². The first kappa shape index (κ1) is 10.1. The zero-order valence-electron chi connectivity index (χ0n) is 9.35. The second-order valence-corrected chi connectivity index (χ2v) is 5.37. The van der Waals surface area contributed by atoms with Crippen molar-refractivity contribution in [1.29, 1.82) is 0 Å². The zero-order chi connectivity index (χ0) is 9.35. The smallest absolute Gasteiger partial charge is 0.0297 e. The first-order chi connectivity index (χ1) is 5.49. The summed E-state index contributed by atoms with van der Waals surface area (Å²) in [7, 11) is 0. The average Bonchev–Trinajstić information content (AvgIpc) is 2.63. The van der Waals surface area contributed by atoms with Crippen LogP contribution >= 0.6 is 0 Å². The molecular formula is C12H24. The summed E-state index contributed by atoms with van der Waals surface area (Å²) in [4.78, 5) is 0. The fourth-order valence-electron chi connectivity index (χ4n) is 2.03. The third-order valence-electron chi connectivity index (χ3n) is 4.14. The highest BCUT2D eigenvalue weighted by atomic mass is 14.5. The van der Waals surface area contributed by atoms with E-state index in [0.717, 1.165) is 23.2 Å². The van der Waals surface area contributed by atoms with Crippen molar-refractivity contribution in [2.24, 2.45) is 23.2 Å². The second-order valence-electron chi connectivity index (χ2n) is 5.37. The molecule has 1 fully saturated rings. The molecule has 1 saturated carbocycles. The van der Waals surface area contributed by atoms with Crippen LogP contribution in [0.2, 0.25) is 0 Å². The van der Waals surface area contributed by atoms with Gasteiger partial charge in [0.25, 0.3) is 0 Å². The lowest BCUT2D eigenvalue weighted by molar-refractivity contribution is 0.340. The number of hydrogen-bond donors (Lipinski definition) is 0. The Morgan fingerprint density at radius 2 is 1.92 bits per heavy atom. The Balaban J connectivity index is 2.27. The second kappa shape index (κ2) is 3.40. The van der Waals surface area contributed by atoms with Crippen LogP contribution in [0.25, 0.3) is 0 Å². The molecular weight excluding hydrogens is 144 g/mol. The van der Waals surface area contributed by atoms with Crippen molar-refractivity contribution in [2.45, 2.75) is 53.9 Å². The molecule has 0 bridgehead atoms. The molecule has 1 aliphatic rings. The van der Waals surface area contributed by atoms with Crippen LogP contribution in [0.4, 0.5) is 0 Å². The summed E-state index contributed by atoms with van der Waals surface area (Å²) in [5, 5.41) is 0. The predicted molar refractivity (Wildman–Crippen MR) is 55.1 cm³/mol. The lowest BCUT2D eigenvalue weighted by atomic mass is 9.89. The highest BCUT2D eigenvalue weighted by molar-refractivity contribution is 4.98. The predicted octanol–water partition coefficient (Wildman–Crippen LogP) is 4.10. The van der Waals surface area contributed by atoms with Crippen molar-refractivity contribution >= 4 is 0 Å². The molecule has 0 heteroatoms. The molecule has 3 unspecified atom stereocenters. The van der Waals surface area contributed by atoms with Gasteiger partial charge in [0.15, 0.2) is 0 Å². The van der Waals surface area contributed by atoms with Gasteiger partial charge in [-0.1, -0.05) is 41.0 Å². The molecule has 0 saturated heterocycles. The Morgan fingerprint density at radius 3 is 2.25 bits per heavy atom. The maximum absolute atomic E-state index is 2.45. The summed E-state index contributed by atoms with van der Waals surface area (Å²) >= 11 is 0. The monoisotopic (exact) mass is 168 g/mol. The molecule has 0 aromatic heterocycles. The van der Waals surface area contributed by atoms with E-state index in [1.807, 2.05) is 0 Å². The molecule has 3 atom stereocenters. The van der Waals surface area contributed by atoms with Gasteiger partial charge in [0, 0.05) is 0 Å². The molecule has 0 aromatic carbocycles. The van der Waals surface area contributed by atoms with Gasteiger partial charge in [0.1, 0.15) is 0 Å². The first-order valence-electron chi connectivity index (χ1n) is 5.49. The van der Waals surface area contributed by atoms with E-state index in [4.69, 9.17) is 0 Å². The molecule has 0 aromatic rings. The van der Waals surface area contributed by atoms with Crippen LogP contribution in [0.3, 0.4) is 0 Å². The first-order valence-corrected chi connectivity index (χ1v) is 5.49. The van der Waals surface area contributed by atoms with Crippen molar-refractivity contribution in [2.75, 3.05) is 0 Å². The average molecular weight is 168 g/mol. The lowest BCUT2D eigenvalue weighted by Gasteiger charge is -2.16. The molecule has 0 amide bonds. The van der Waals surface area contributed by atoms with E-state index in [1.54, 1.807) is 0 Å². The summed E-state index contributed by atoms with van der Waals surface area (Å²) < 4.78 is 0. The zero-order valence-corrected chi connectivity index (χ0v) is 9.35. The van der Waals surface area contributed by atoms with E-state index in [9.17, 15) is 0 Å². The van der Waals surface area contributed by atoms with Crippen LogP contribution in [0, 0.1) is 23.2 Å². The third kappa shape index (κ3) is 2.02. The van der Waals surface area contributed by atoms with Crippen molar-refractivity contribution < 1.29 is 0 Å². The molecule has 0 nitrogen and oxygen atoms in total. The van der Waals surface area contributed by atoms with Crippen LogP contribution in [0.5, 0.6) is 0 Å². The molecule has 0 radical (unpaired) electrons. The minimum atomic E-state index is 0.725. The van der Waals surface area contributed by atoms with Crippen LogP contribution < -0.4 is 0 Å². The maximum Gasteiger partial charge on any atom is -0.0297 e. The molecule has 12 heavy (non-hydrogen) atoms. The van der Waals surface area contributed by atoms with E-state index in [0.29, 0.717) is 0 Å².